The van der Waals surface area contributed by atoms with Crippen LogP contribution in [-0.2, 0) is 32.0 Å². The number of hydrogen-bond acceptors (Lipinski definition) is 7. The molecule has 0 aromatic heterocycles. The lowest BCUT2D eigenvalue weighted by atomic mass is 10.2. The lowest BCUT2D eigenvalue weighted by Gasteiger charge is -2.26. The zero-order valence-electron chi connectivity index (χ0n) is 15.1. The topological polar surface area (TPSA) is 80.3 Å². The largest absolute Gasteiger partial charge is 0.751 e. The molecule has 0 amide bonds. The molecule has 0 N–H and O–H groups in total. The number of hydrogen-bond donors (Lipinski definition) is 0. The first-order valence-corrected chi connectivity index (χ1v) is 9.62. The van der Waals surface area contributed by atoms with E-state index in [0.29, 0.717) is 31.8 Å². The van der Waals surface area contributed by atoms with Gasteiger partial charge in [-0.1, -0.05) is 12.7 Å². The Hall–Kier alpha value is -1.48. The van der Waals surface area contributed by atoms with Gasteiger partial charge >= 0.3 is 21.0 Å². The predicted molar refractivity (Wildman–Crippen MR) is 90.8 cm³/mol. The van der Waals surface area contributed by atoms with E-state index in [1.807, 2.05) is 0 Å². The third-order valence-electron chi connectivity index (χ3n) is 2.74. The van der Waals surface area contributed by atoms with E-state index >= 15 is 0 Å². The predicted octanol–water partition coefficient (Wildman–Crippen LogP) is 2.53. The molecule has 8 heteroatoms. The molecule has 0 bridgehead atoms. The molecule has 0 saturated carbocycles. The molecular weight excluding hydrogens is 332 g/mol. The summed E-state index contributed by atoms with van der Waals surface area (Å²) in [6.45, 7) is 12.9. The molecule has 0 aromatic rings. The summed E-state index contributed by atoms with van der Waals surface area (Å²) in [5.41, 5.74) is 0.354. The van der Waals surface area contributed by atoms with Crippen molar-refractivity contribution in [3.63, 3.8) is 0 Å². The first-order chi connectivity index (χ1) is 11.3. The van der Waals surface area contributed by atoms with Crippen molar-refractivity contribution >= 4 is 21.0 Å². The first kappa shape index (κ1) is 22.5. The van der Waals surface area contributed by atoms with Crippen LogP contribution in [0.25, 0.3) is 0 Å². The van der Waals surface area contributed by atoms with Crippen LogP contribution in [-0.4, -0.2) is 46.9 Å². The summed E-state index contributed by atoms with van der Waals surface area (Å²) in [7, 11) is -3.50. The van der Waals surface area contributed by atoms with Crippen LogP contribution in [0.15, 0.2) is 24.3 Å². The Morgan fingerprint density at radius 2 is 1.58 bits per heavy atom. The zero-order valence-corrected chi connectivity index (χ0v) is 16.1. The van der Waals surface area contributed by atoms with Gasteiger partial charge in [0.1, 0.15) is 6.10 Å². The third kappa shape index (κ3) is 8.39. The molecule has 0 spiro atoms. The SMILES string of the molecule is C=CC(=O)OC(C)CC=C(C)C(=O)O[Si](OCC)(OCC)OCC. The standard InChI is InChI=1S/C16H28O7Si/c1-7-15(17)22-14(6)12-11-13(5)16(18)23-24(19-8-2,20-9-3)21-10-4/h7,11,14H,1,8-10,12H2,2-6H3. The van der Waals surface area contributed by atoms with E-state index in [1.165, 1.54) is 0 Å². The van der Waals surface area contributed by atoms with Gasteiger partial charge in [0, 0.05) is 37.9 Å². The van der Waals surface area contributed by atoms with Crippen molar-refractivity contribution in [2.45, 2.75) is 47.1 Å². The average molecular weight is 360 g/mol. The highest BCUT2D eigenvalue weighted by molar-refractivity contribution is 6.55. The fourth-order valence-electron chi connectivity index (χ4n) is 1.66. The Kier molecular flexibility index (Phi) is 11.2. The summed E-state index contributed by atoms with van der Waals surface area (Å²) in [5.74, 6) is -1.09. The van der Waals surface area contributed by atoms with Gasteiger partial charge in [0.15, 0.2) is 0 Å². The fourth-order valence-corrected chi connectivity index (χ4v) is 3.53. The smallest absolute Gasteiger partial charge is 0.459 e. The molecule has 24 heavy (non-hydrogen) atoms. The van der Waals surface area contributed by atoms with E-state index < -0.39 is 21.0 Å². The maximum absolute atomic E-state index is 12.3. The van der Waals surface area contributed by atoms with E-state index in [0.717, 1.165) is 6.08 Å². The molecule has 0 fully saturated rings. The molecule has 1 atom stereocenters. The molecular formula is C16H28O7Si. The second-order valence-electron chi connectivity index (χ2n) is 4.76. The molecule has 0 aliphatic rings. The quantitative estimate of drug-likeness (QED) is 0.300. The van der Waals surface area contributed by atoms with E-state index in [2.05, 4.69) is 6.58 Å². The van der Waals surface area contributed by atoms with Gasteiger partial charge < -0.3 is 22.4 Å². The molecule has 0 aliphatic heterocycles. The van der Waals surface area contributed by atoms with Crippen LogP contribution in [0.4, 0.5) is 0 Å². The minimum absolute atomic E-state index is 0.302. The van der Waals surface area contributed by atoms with Crippen molar-refractivity contribution in [2.24, 2.45) is 0 Å². The maximum Gasteiger partial charge on any atom is 0.751 e. The van der Waals surface area contributed by atoms with Crippen molar-refractivity contribution in [2.75, 3.05) is 19.8 Å². The van der Waals surface area contributed by atoms with Gasteiger partial charge in [0.05, 0.1) is 0 Å². The molecule has 1 unspecified atom stereocenters. The van der Waals surface area contributed by atoms with Gasteiger partial charge in [-0.2, -0.15) is 0 Å². The average Bonchev–Trinajstić information content (AvgIpc) is 2.53. The molecule has 0 aromatic carbocycles. The van der Waals surface area contributed by atoms with Crippen LogP contribution >= 0.6 is 0 Å². The highest BCUT2D eigenvalue weighted by Crippen LogP contribution is 2.15. The summed E-state index contributed by atoms with van der Waals surface area (Å²) in [5, 5.41) is 0. The summed E-state index contributed by atoms with van der Waals surface area (Å²) < 4.78 is 26.8. The minimum atomic E-state index is -3.50. The van der Waals surface area contributed by atoms with Gasteiger partial charge in [-0.3, -0.25) is 0 Å². The normalized spacial score (nSPS) is 13.3. The van der Waals surface area contributed by atoms with E-state index in [-0.39, 0.29) is 6.10 Å². The van der Waals surface area contributed by atoms with Crippen LogP contribution in [0.3, 0.4) is 0 Å². The monoisotopic (exact) mass is 360 g/mol. The van der Waals surface area contributed by atoms with Crippen LogP contribution in [0.5, 0.6) is 0 Å². The molecule has 0 aliphatic carbocycles. The van der Waals surface area contributed by atoms with Crippen molar-refractivity contribution in [1.82, 2.24) is 0 Å². The van der Waals surface area contributed by atoms with Crippen molar-refractivity contribution in [3.8, 4) is 0 Å². The second-order valence-corrected chi connectivity index (χ2v) is 6.83. The highest BCUT2D eigenvalue weighted by atomic mass is 28.4. The summed E-state index contributed by atoms with van der Waals surface area (Å²) in [6.07, 6.45) is 2.71. The Bertz CT molecular complexity index is 431. The Morgan fingerprint density at radius 1 is 1.08 bits per heavy atom. The zero-order chi connectivity index (χ0) is 18.6. The summed E-state index contributed by atoms with van der Waals surface area (Å²) in [4.78, 5) is 23.4. The number of ether oxygens (including phenoxy) is 1. The number of carbonyl (C=O) groups excluding carboxylic acids is 2. The van der Waals surface area contributed by atoms with E-state index in [1.54, 1.807) is 40.7 Å². The van der Waals surface area contributed by atoms with Crippen LogP contribution in [0.1, 0.15) is 41.0 Å². The minimum Gasteiger partial charge on any atom is -0.459 e. The number of rotatable bonds is 12. The van der Waals surface area contributed by atoms with Crippen molar-refractivity contribution < 1.29 is 32.0 Å². The van der Waals surface area contributed by atoms with E-state index in [4.69, 9.17) is 22.4 Å². The van der Waals surface area contributed by atoms with Crippen molar-refractivity contribution in [3.05, 3.63) is 24.3 Å². The van der Waals surface area contributed by atoms with Gasteiger partial charge in [-0.05, 0) is 34.6 Å². The molecule has 0 rings (SSSR count). The summed E-state index contributed by atoms with van der Waals surface area (Å²) in [6, 6.07) is 0. The van der Waals surface area contributed by atoms with Gasteiger partial charge in [0.2, 0.25) is 0 Å². The third-order valence-corrected chi connectivity index (χ3v) is 5.11. The molecule has 138 valence electrons. The maximum atomic E-state index is 12.3. The van der Waals surface area contributed by atoms with Crippen LogP contribution in [0.2, 0.25) is 0 Å². The molecule has 0 radical (unpaired) electrons. The Morgan fingerprint density at radius 3 is 2.00 bits per heavy atom. The van der Waals surface area contributed by atoms with Gasteiger partial charge in [0.25, 0.3) is 0 Å². The number of carbonyl (C=O) groups is 2. The lowest BCUT2D eigenvalue weighted by Crippen LogP contribution is -2.50. The van der Waals surface area contributed by atoms with Crippen LogP contribution in [0, 0.1) is 0 Å². The van der Waals surface area contributed by atoms with Gasteiger partial charge in [-0.15, -0.1) is 0 Å². The molecule has 0 saturated heterocycles. The van der Waals surface area contributed by atoms with E-state index in [9.17, 15) is 9.59 Å². The van der Waals surface area contributed by atoms with Crippen molar-refractivity contribution in [1.29, 1.82) is 0 Å². The fraction of sp³-hybridized carbons (Fsp3) is 0.625. The first-order valence-electron chi connectivity index (χ1n) is 7.99. The lowest BCUT2D eigenvalue weighted by molar-refractivity contribution is -0.142. The van der Waals surface area contributed by atoms with Crippen LogP contribution < -0.4 is 0 Å². The number of esters is 1. The van der Waals surface area contributed by atoms with Gasteiger partial charge in [-0.25, -0.2) is 9.59 Å². The highest BCUT2D eigenvalue weighted by Gasteiger charge is 2.49. The molecule has 0 heterocycles. The Balaban J connectivity index is 4.86. The second kappa shape index (κ2) is 12.0. The Labute approximate surface area is 145 Å². The molecule has 7 nitrogen and oxygen atoms in total. The summed E-state index contributed by atoms with van der Waals surface area (Å²) >= 11 is 0.